The van der Waals surface area contributed by atoms with Crippen LogP contribution in [0.4, 0.5) is 0 Å². The summed E-state index contributed by atoms with van der Waals surface area (Å²) in [4.78, 5) is 0. The van der Waals surface area contributed by atoms with Gasteiger partial charge in [-0.15, -0.1) is 0 Å². The normalized spacial score (nSPS) is 46.8. The van der Waals surface area contributed by atoms with Gasteiger partial charge in [-0.2, -0.15) is 0 Å². The Bertz CT molecular complexity index is 640. The number of hydrogen-bond donors (Lipinski definition) is 2. The first kappa shape index (κ1) is 17.8. The van der Waals surface area contributed by atoms with E-state index in [4.69, 9.17) is 0 Å². The second kappa shape index (κ2) is 5.45. The molecule has 2 nitrogen and oxygen atoms in total. The summed E-state index contributed by atoms with van der Waals surface area (Å²) in [6.45, 7) is 11.4. The Hall–Kier alpha value is -0.600. The number of hydrogen-bond acceptors (Lipinski definition) is 2. The molecule has 0 spiro atoms. The minimum atomic E-state index is -0.225. The summed E-state index contributed by atoms with van der Waals surface area (Å²) in [6.07, 6.45) is 9.90. The van der Waals surface area contributed by atoms with E-state index in [1.807, 2.05) is 6.92 Å². The lowest BCUT2D eigenvalue weighted by Gasteiger charge is -2.59. The fraction of sp³-hybridized carbons (Fsp3) is 0.826. The van der Waals surface area contributed by atoms with Gasteiger partial charge in [-0.05, 0) is 91.1 Å². The highest BCUT2D eigenvalue weighted by molar-refractivity contribution is 5.49. The summed E-state index contributed by atoms with van der Waals surface area (Å²) in [6, 6.07) is 0. The van der Waals surface area contributed by atoms with Gasteiger partial charge in [0, 0.05) is 0 Å². The fourth-order valence-electron chi connectivity index (χ4n) is 7.45. The molecule has 1 fully saturated rings. The maximum Gasteiger partial charge on any atom is 0.0594 e. The zero-order valence-electron chi connectivity index (χ0n) is 16.7. The smallest absolute Gasteiger partial charge is 0.0594 e. The van der Waals surface area contributed by atoms with Gasteiger partial charge in [-0.1, -0.05) is 39.3 Å². The van der Waals surface area contributed by atoms with Crippen LogP contribution in [-0.4, -0.2) is 22.4 Å². The van der Waals surface area contributed by atoms with E-state index in [1.54, 1.807) is 16.7 Å². The Labute approximate surface area is 153 Å². The Morgan fingerprint density at radius 1 is 1.04 bits per heavy atom. The van der Waals surface area contributed by atoms with Crippen molar-refractivity contribution in [2.45, 2.75) is 91.8 Å². The summed E-state index contributed by atoms with van der Waals surface area (Å²) >= 11 is 0. The molecule has 0 saturated heterocycles. The van der Waals surface area contributed by atoms with Gasteiger partial charge >= 0.3 is 0 Å². The summed E-state index contributed by atoms with van der Waals surface area (Å²) in [5.41, 5.74) is 5.35. The molecule has 140 valence electrons. The van der Waals surface area contributed by atoms with Gasteiger partial charge in [0.1, 0.15) is 0 Å². The minimum absolute atomic E-state index is 0.0124. The lowest BCUT2D eigenvalue weighted by Crippen LogP contribution is -2.53. The zero-order valence-corrected chi connectivity index (χ0v) is 16.7. The predicted molar refractivity (Wildman–Crippen MR) is 102 cm³/mol. The molecule has 4 aliphatic carbocycles. The van der Waals surface area contributed by atoms with Gasteiger partial charge in [0.05, 0.1) is 12.2 Å². The Balaban J connectivity index is 1.76. The molecular weight excluding hydrogens is 308 g/mol. The van der Waals surface area contributed by atoms with E-state index < -0.39 is 0 Å². The Morgan fingerprint density at radius 2 is 1.76 bits per heavy atom. The van der Waals surface area contributed by atoms with Gasteiger partial charge < -0.3 is 10.2 Å². The van der Waals surface area contributed by atoms with Crippen molar-refractivity contribution in [3.05, 3.63) is 22.8 Å². The van der Waals surface area contributed by atoms with Crippen molar-refractivity contribution in [2.24, 2.45) is 28.1 Å². The number of rotatable bonds is 1. The summed E-state index contributed by atoms with van der Waals surface area (Å²) in [5, 5.41) is 20.9. The summed E-state index contributed by atoms with van der Waals surface area (Å²) in [7, 11) is 0. The fourth-order valence-corrected chi connectivity index (χ4v) is 7.45. The molecule has 0 aliphatic heterocycles. The van der Waals surface area contributed by atoms with Crippen LogP contribution in [0.1, 0.15) is 79.6 Å². The second-order valence-corrected chi connectivity index (χ2v) is 10.5. The highest BCUT2D eigenvalue weighted by Crippen LogP contribution is 2.66. The minimum Gasteiger partial charge on any atom is -0.393 e. The molecule has 0 heterocycles. The summed E-state index contributed by atoms with van der Waals surface area (Å²) < 4.78 is 0. The molecule has 0 aromatic heterocycles. The topological polar surface area (TPSA) is 40.5 Å². The molecular formula is C23H36O2. The van der Waals surface area contributed by atoms with Gasteiger partial charge in [0.2, 0.25) is 0 Å². The number of allylic oxidation sites excluding steroid dienone is 4. The van der Waals surface area contributed by atoms with Gasteiger partial charge in [-0.3, -0.25) is 0 Å². The van der Waals surface area contributed by atoms with E-state index in [-0.39, 0.29) is 28.5 Å². The maximum atomic E-state index is 10.6. The lowest BCUT2D eigenvalue weighted by molar-refractivity contribution is -0.0907. The van der Waals surface area contributed by atoms with Crippen molar-refractivity contribution >= 4 is 0 Å². The Kier molecular flexibility index (Phi) is 3.88. The van der Waals surface area contributed by atoms with Crippen LogP contribution in [0.15, 0.2) is 22.8 Å². The van der Waals surface area contributed by atoms with E-state index in [0.717, 1.165) is 19.3 Å². The molecule has 0 aromatic carbocycles. The molecule has 1 saturated carbocycles. The van der Waals surface area contributed by atoms with E-state index in [1.165, 1.54) is 25.7 Å². The SMILES string of the molecule is CC(O)[C@H]1CC=C2C3=C(CC[C@@]21C)[C@@]1(C)CCC(O)C(C)(C)C1CC3. The van der Waals surface area contributed by atoms with E-state index >= 15 is 0 Å². The van der Waals surface area contributed by atoms with Crippen molar-refractivity contribution in [1.29, 1.82) is 0 Å². The standard InChI is InChI=1S/C23H36O2/c1-14(24)16-7-8-17-15-6-9-19-21(2,3)20(25)11-13-23(19,5)18(15)10-12-22(16,17)4/h8,14,16,19-20,24-25H,6-7,9-13H2,1-5H3/t14?,16-,19?,20?,22-,23-/m1/s1. The molecule has 2 heteroatoms. The highest BCUT2D eigenvalue weighted by atomic mass is 16.3. The average Bonchev–Trinajstić information content (AvgIpc) is 2.89. The molecule has 0 amide bonds. The number of aliphatic hydroxyl groups is 2. The lowest BCUT2D eigenvalue weighted by atomic mass is 9.46. The molecule has 0 aromatic rings. The molecule has 0 radical (unpaired) electrons. The summed E-state index contributed by atoms with van der Waals surface area (Å²) in [5.74, 6) is 0.966. The molecule has 3 unspecified atom stereocenters. The van der Waals surface area contributed by atoms with E-state index in [2.05, 4.69) is 33.8 Å². The number of aliphatic hydroxyl groups excluding tert-OH is 2. The van der Waals surface area contributed by atoms with E-state index in [0.29, 0.717) is 11.8 Å². The molecule has 25 heavy (non-hydrogen) atoms. The first-order chi connectivity index (χ1) is 11.6. The maximum absolute atomic E-state index is 10.6. The van der Waals surface area contributed by atoms with Crippen LogP contribution in [0.2, 0.25) is 0 Å². The third-order valence-corrected chi connectivity index (χ3v) is 9.01. The second-order valence-electron chi connectivity index (χ2n) is 10.5. The molecule has 4 rings (SSSR count). The van der Waals surface area contributed by atoms with Crippen molar-refractivity contribution in [1.82, 2.24) is 0 Å². The first-order valence-corrected chi connectivity index (χ1v) is 10.4. The third kappa shape index (κ3) is 2.22. The van der Waals surface area contributed by atoms with E-state index in [9.17, 15) is 10.2 Å². The van der Waals surface area contributed by atoms with Crippen LogP contribution in [0.3, 0.4) is 0 Å². The highest BCUT2D eigenvalue weighted by Gasteiger charge is 2.57. The predicted octanol–water partition coefficient (Wildman–Crippen LogP) is 5.01. The van der Waals surface area contributed by atoms with Crippen LogP contribution in [0, 0.1) is 28.1 Å². The third-order valence-electron chi connectivity index (χ3n) is 9.01. The van der Waals surface area contributed by atoms with Crippen LogP contribution in [0.25, 0.3) is 0 Å². The van der Waals surface area contributed by atoms with Crippen molar-refractivity contribution in [2.75, 3.05) is 0 Å². The number of fused-ring (bicyclic) bond motifs is 4. The monoisotopic (exact) mass is 344 g/mol. The molecule has 6 atom stereocenters. The van der Waals surface area contributed by atoms with Crippen LogP contribution in [-0.2, 0) is 0 Å². The van der Waals surface area contributed by atoms with Gasteiger partial charge in [0.25, 0.3) is 0 Å². The van der Waals surface area contributed by atoms with Crippen molar-refractivity contribution in [3.8, 4) is 0 Å². The molecule has 2 N–H and O–H groups in total. The van der Waals surface area contributed by atoms with Gasteiger partial charge in [0.15, 0.2) is 0 Å². The zero-order chi connectivity index (χ0) is 18.2. The Morgan fingerprint density at radius 3 is 2.44 bits per heavy atom. The van der Waals surface area contributed by atoms with Crippen LogP contribution < -0.4 is 0 Å². The first-order valence-electron chi connectivity index (χ1n) is 10.4. The van der Waals surface area contributed by atoms with Crippen LogP contribution >= 0.6 is 0 Å². The molecule has 4 aliphatic rings. The quantitative estimate of drug-likeness (QED) is 0.702. The van der Waals surface area contributed by atoms with Crippen LogP contribution in [0.5, 0.6) is 0 Å². The molecule has 0 bridgehead atoms. The van der Waals surface area contributed by atoms with Crippen molar-refractivity contribution < 1.29 is 10.2 Å². The van der Waals surface area contributed by atoms with Gasteiger partial charge in [-0.25, -0.2) is 0 Å². The van der Waals surface area contributed by atoms with Crippen molar-refractivity contribution in [3.63, 3.8) is 0 Å². The average molecular weight is 345 g/mol. The largest absolute Gasteiger partial charge is 0.393 e.